The highest BCUT2D eigenvalue weighted by Crippen LogP contribution is 2.27. The zero-order valence-corrected chi connectivity index (χ0v) is 11.2. The summed E-state index contributed by atoms with van der Waals surface area (Å²) in [4.78, 5) is 8.23. The molecular weight excluding hydrogens is 254 g/mol. The summed E-state index contributed by atoms with van der Waals surface area (Å²) in [5.41, 5.74) is 0.865. The first-order valence-electron chi connectivity index (χ1n) is 5.55. The zero-order chi connectivity index (χ0) is 13.1. The van der Waals surface area contributed by atoms with Gasteiger partial charge in [-0.05, 0) is 13.8 Å². The van der Waals surface area contributed by atoms with Crippen molar-refractivity contribution >= 4 is 17.5 Å². The van der Waals surface area contributed by atoms with Crippen LogP contribution in [0.1, 0.15) is 12.6 Å². The van der Waals surface area contributed by atoms with E-state index in [1.54, 1.807) is 11.7 Å². The second kappa shape index (κ2) is 5.22. The van der Waals surface area contributed by atoms with E-state index in [0.717, 1.165) is 12.2 Å². The third-order valence-corrected chi connectivity index (χ3v) is 2.47. The average molecular weight is 268 g/mol. The Morgan fingerprint density at radius 2 is 2.28 bits per heavy atom. The third kappa shape index (κ3) is 2.70. The standard InChI is InChI=1S/C11H14ClN5O/c1-4-13-11-14-6-8(12)10(15-11)18-9-5-7(2)16-17(9)3/h5-6H,4H2,1-3H3,(H,13,14,15). The second-order valence-electron chi connectivity index (χ2n) is 3.73. The van der Waals surface area contributed by atoms with Crippen LogP contribution in [-0.2, 0) is 7.05 Å². The number of nitrogens with zero attached hydrogens (tertiary/aromatic N) is 4. The summed E-state index contributed by atoms with van der Waals surface area (Å²) >= 11 is 6.00. The van der Waals surface area contributed by atoms with Crippen LogP contribution < -0.4 is 10.1 Å². The monoisotopic (exact) mass is 267 g/mol. The van der Waals surface area contributed by atoms with Gasteiger partial charge in [-0.15, -0.1) is 0 Å². The Bertz CT molecular complexity index is 554. The molecule has 0 fully saturated rings. The van der Waals surface area contributed by atoms with Crippen LogP contribution in [0.4, 0.5) is 5.95 Å². The quantitative estimate of drug-likeness (QED) is 0.921. The topological polar surface area (TPSA) is 64.9 Å². The van der Waals surface area contributed by atoms with Crippen molar-refractivity contribution in [1.82, 2.24) is 19.7 Å². The Kier molecular flexibility index (Phi) is 3.66. The zero-order valence-electron chi connectivity index (χ0n) is 10.4. The molecule has 0 amide bonds. The number of aromatic nitrogens is 4. The molecule has 0 spiro atoms. The van der Waals surface area contributed by atoms with Crippen LogP contribution in [0.15, 0.2) is 12.3 Å². The van der Waals surface area contributed by atoms with Crippen LogP contribution in [-0.4, -0.2) is 26.3 Å². The van der Waals surface area contributed by atoms with Gasteiger partial charge in [-0.1, -0.05) is 11.6 Å². The molecule has 0 bridgehead atoms. The van der Waals surface area contributed by atoms with Crippen LogP contribution in [0.5, 0.6) is 11.8 Å². The lowest BCUT2D eigenvalue weighted by molar-refractivity contribution is 0.415. The van der Waals surface area contributed by atoms with Crippen LogP contribution >= 0.6 is 11.6 Å². The number of halogens is 1. The molecule has 0 atom stereocenters. The van der Waals surface area contributed by atoms with Crippen LogP contribution in [0.25, 0.3) is 0 Å². The van der Waals surface area contributed by atoms with Crippen molar-refractivity contribution in [3.8, 4) is 11.8 Å². The fraction of sp³-hybridized carbons (Fsp3) is 0.364. The molecule has 0 aliphatic heterocycles. The fourth-order valence-electron chi connectivity index (χ4n) is 1.45. The van der Waals surface area contributed by atoms with Crippen LogP contribution in [0.2, 0.25) is 5.02 Å². The average Bonchev–Trinajstić information content (AvgIpc) is 2.62. The highest BCUT2D eigenvalue weighted by Gasteiger charge is 2.10. The summed E-state index contributed by atoms with van der Waals surface area (Å²) in [5, 5.41) is 7.54. The summed E-state index contributed by atoms with van der Waals surface area (Å²) in [5.74, 6) is 1.37. The second-order valence-corrected chi connectivity index (χ2v) is 4.13. The normalized spacial score (nSPS) is 10.4. The van der Waals surface area contributed by atoms with Crippen molar-refractivity contribution < 1.29 is 4.74 Å². The Hall–Kier alpha value is -1.82. The van der Waals surface area contributed by atoms with Crippen molar-refractivity contribution in [1.29, 1.82) is 0 Å². The lowest BCUT2D eigenvalue weighted by Crippen LogP contribution is -2.04. The number of rotatable bonds is 4. The number of nitrogens with one attached hydrogen (secondary N) is 1. The van der Waals surface area contributed by atoms with E-state index in [4.69, 9.17) is 16.3 Å². The van der Waals surface area contributed by atoms with E-state index in [1.807, 2.05) is 19.9 Å². The maximum atomic E-state index is 6.00. The maximum absolute atomic E-state index is 6.00. The Morgan fingerprint density at radius 1 is 1.50 bits per heavy atom. The van der Waals surface area contributed by atoms with Gasteiger partial charge in [0.05, 0.1) is 11.9 Å². The van der Waals surface area contributed by atoms with Gasteiger partial charge in [-0.25, -0.2) is 9.67 Å². The summed E-state index contributed by atoms with van der Waals surface area (Å²) in [6.07, 6.45) is 1.51. The Labute approximate surface area is 110 Å². The lowest BCUT2D eigenvalue weighted by atomic mass is 10.5. The molecule has 2 aromatic rings. The van der Waals surface area contributed by atoms with Gasteiger partial charge in [0.25, 0.3) is 0 Å². The molecule has 18 heavy (non-hydrogen) atoms. The number of aryl methyl sites for hydroxylation is 2. The first-order valence-corrected chi connectivity index (χ1v) is 5.93. The third-order valence-electron chi connectivity index (χ3n) is 2.21. The summed E-state index contributed by atoms with van der Waals surface area (Å²) in [6.45, 7) is 4.58. The van der Waals surface area contributed by atoms with E-state index in [1.165, 1.54) is 6.20 Å². The summed E-state index contributed by atoms with van der Waals surface area (Å²) in [7, 11) is 1.79. The van der Waals surface area contributed by atoms with E-state index in [-0.39, 0.29) is 0 Å². The van der Waals surface area contributed by atoms with Gasteiger partial charge in [0, 0.05) is 19.7 Å². The van der Waals surface area contributed by atoms with Gasteiger partial charge in [0.2, 0.25) is 17.7 Å². The lowest BCUT2D eigenvalue weighted by Gasteiger charge is -2.07. The van der Waals surface area contributed by atoms with Gasteiger partial charge in [-0.3, -0.25) is 0 Å². The first-order chi connectivity index (χ1) is 8.60. The number of hydrogen-bond donors (Lipinski definition) is 1. The fourth-order valence-corrected chi connectivity index (χ4v) is 1.58. The molecule has 0 aromatic carbocycles. The number of ether oxygens (including phenoxy) is 1. The van der Waals surface area contributed by atoms with Crippen molar-refractivity contribution in [3.63, 3.8) is 0 Å². The molecule has 0 saturated heterocycles. The van der Waals surface area contributed by atoms with E-state index in [2.05, 4.69) is 20.4 Å². The summed E-state index contributed by atoms with van der Waals surface area (Å²) in [6, 6.07) is 1.81. The minimum atomic E-state index is 0.311. The Balaban J connectivity index is 2.27. The highest BCUT2D eigenvalue weighted by atomic mass is 35.5. The predicted octanol–water partition coefficient (Wildman–Crippen LogP) is 2.40. The van der Waals surface area contributed by atoms with E-state index >= 15 is 0 Å². The van der Waals surface area contributed by atoms with Crippen molar-refractivity contribution in [3.05, 3.63) is 23.0 Å². The molecular formula is C11H14ClN5O. The van der Waals surface area contributed by atoms with E-state index < -0.39 is 0 Å². The van der Waals surface area contributed by atoms with Crippen molar-refractivity contribution in [2.24, 2.45) is 7.05 Å². The number of hydrogen-bond acceptors (Lipinski definition) is 5. The van der Waals surface area contributed by atoms with Crippen molar-refractivity contribution in [2.45, 2.75) is 13.8 Å². The highest BCUT2D eigenvalue weighted by molar-refractivity contribution is 6.31. The first kappa shape index (κ1) is 12.6. The largest absolute Gasteiger partial charge is 0.419 e. The van der Waals surface area contributed by atoms with Gasteiger partial charge in [0.1, 0.15) is 5.02 Å². The molecule has 1 N–H and O–H groups in total. The van der Waals surface area contributed by atoms with Crippen LogP contribution in [0, 0.1) is 6.92 Å². The van der Waals surface area contributed by atoms with E-state index in [0.29, 0.717) is 22.7 Å². The molecule has 7 heteroatoms. The minimum Gasteiger partial charge on any atom is -0.419 e. The molecule has 6 nitrogen and oxygen atoms in total. The SMILES string of the molecule is CCNc1ncc(Cl)c(Oc2cc(C)nn2C)n1. The van der Waals surface area contributed by atoms with Crippen LogP contribution in [0.3, 0.4) is 0 Å². The smallest absolute Gasteiger partial charge is 0.244 e. The molecule has 96 valence electrons. The van der Waals surface area contributed by atoms with Gasteiger partial charge >= 0.3 is 0 Å². The number of anilines is 1. The van der Waals surface area contributed by atoms with E-state index in [9.17, 15) is 0 Å². The molecule has 2 heterocycles. The molecule has 0 unspecified atom stereocenters. The Morgan fingerprint density at radius 3 is 2.89 bits per heavy atom. The molecule has 2 rings (SSSR count). The molecule has 0 aliphatic carbocycles. The molecule has 2 aromatic heterocycles. The molecule has 0 aliphatic rings. The minimum absolute atomic E-state index is 0.311. The predicted molar refractivity (Wildman–Crippen MR) is 69.2 cm³/mol. The van der Waals surface area contributed by atoms with Gasteiger partial charge in [0.15, 0.2) is 0 Å². The maximum Gasteiger partial charge on any atom is 0.244 e. The summed E-state index contributed by atoms with van der Waals surface area (Å²) < 4.78 is 7.25. The van der Waals surface area contributed by atoms with Crippen molar-refractivity contribution in [2.75, 3.05) is 11.9 Å². The van der Waals surface area contributed by atoms with Gasteiger partial charge < -0.3 is 10.1 Å². The van der Waals surface area contributed by atoms with Gasteiger partial charge in [-0.2, -0.15) is 10.1 Å². The molecule has 0 radical (unpaired) electrons. The molecule has 0 saturated carbocycles.